The highest BCUT2D eigenvalue weighted by molar-refractivity contribution is 4.00. The van der Waals surface area contributed by atoms with E-state index in [1.54, 1.807) is 0 Å². The van der Waals surface area contributed by atoms with Crippen molar-refractivity contribution >= 4 is 0 Å². The van der Waals surface area contributed by atoms with Crippen LogP contribution in [0, 0.1) is 0 Å². The van der Waals surface area contributed by atoms with Crippen LogP contribution in [0.25, 0.3) is 0 Å². The molecule has 0 aliphatic carbocycles. The minimum Gasteiger partial charge on any atom is -0.412 e. The summed E-state index contributed by atoms with van der Waals surface area (Å²) in [6.45, 7) is 7.96. The average molecular weight is 189 g/mol. The molecule has 84 valence electrons. The lowest BCUT2D eigenvalue weighted by Gasteiger charge is -1.53. The maximum atomic E-state index is 4.85. The molecule has 0 unspecified atom stereocenters. The number of hydrogen-bond donors (Lipinski definition) is 3. The largest absolute Gasteiger partial charge is 0.412 e. The molecule has 0 saturated heterocycles. The summed E-state index contributed by atoms with van der Waals surface area (Å²) >= 11 is 0. The van der Waals surface area contributed by atoms with E-state index in [-0.39, 0.29) is 16.4 Å². The van der Waals surface area contributed by atoms with Crippen LogP contribution < -0.4 is 17.2 Å². The van der Waals surface area contributed by atoms with E-state index in [4.69, 9.17) is 17.2 Å². The molecule has 0 aliphatic rings. The van der Waals surface area contributed by atoms with Gasteiger partial charge in [0.15, 0.2) is 0 Å². The van der Waals surface area contributed by atoms with Gasteiger partial charge in [-0.05, 0) is 19.6 Å². The van der Waals surface area contributed by atoms with Crippen molar-refractivity contribution in [2.24, 2.45) is 17.2 Å². The number of rotatable bonds is 0. The normalized spacial score (nSPS) is 4.50. The minimum absolute atomic E-state index is 0. The summed E-state index contributed by atoms with van der Waals surface area (Å²) in [6.07, 6.45) is 0. The summed E-state index contributed by atoms with van der Waals surface area (Å²) in [4.78, 5) is 0. The Morgan fingerprint density at radius 3 is 0.583 bits per heavy atom. The van der Waals surface area contributed by atoms with Crippen LogP contribution in [0.4, 0.5) is 0 Å². The first-order chi connectivity index (χ1) is 4.24. The van der Waals surface area contributed by atoms with Gasteiger partial charge in [-0.25, -0.2) is 0 Å². The van der Waals surface area contributed by atoms with Gasteiger partial charge >= 0.3 is 0 Å². The molecule has 0 spiro atoms. The van der Waals surface area contributed by atoms with Crippen molar-refractivity contribution < 1.29 is 16.4 Å². The van der Waals surface area contributed by atoms with E-state index in [9.17, 15) is 0 Å². The molecule has 0 bridgehead atoms. The van der Waals surface area contributed by atoms with Crippen LogP contribution in [0.15, 0.2) is 0 Å². The highest BCUT2D eigenvalue weighted by Gasteiger charge is 1.33. The predicted molar refractivity (Wildman–Crippen MR) is 55.0 cm³/mol. The fraction of sp³-hybridized carbons (Fsp3) is 1.00. The highest BCUT2D eigenvalue weighted by atomic mass is 16.0. The van der Waals surface area contributed by atoms with Gasteiger partial charge in [-0.2, -0.15) is 0 Å². The molecule has 0 aromatic rings. The molecule has 0 aromatic carbocycles. The molecule has 0 aliphatic heterocycles. The topological polar surface area (TPSA) is 173 Å². The second kappa shape index (κ2) is 135. The lowest BCUT2D eigenvalue weighted by Crippen LogP contribution is -1.87. The zero-order valence-corrected chi connectivity index (χ0v) is 8.35. The van der Waals surface area contributed by atoms with Gasteiger partial charge in [0.25, 0.3) is 0 Å². The summed E-state index contributed by atoms with van der Waals surface area (Å²) in [6, 6.07) is 0. The van der Waals surface area contributed by atoms with Crippen LogP contribution >= 0.6 is 0 Å². The third kappa shape index (κ3) is 13000. The molecule has 12 heavy (non-hydrogen) atoms. The Balaban J connectivity index is -0.00000001000. The van der Waals surface area contributed by atoms with Crippen molar-refractivity contribution in [3.63, 3.8) is 0 Å². The van der Waals surface area contributed by atoms with E-state index in [1.807, 2.05) is 20.8 Å². The first kappa shape index (κ1) is 41.0. The fourth-order valence-corrected chi connectivity index (χ4v) is 0. The quantitative estimate of drug-likeness (QED) is 0.380. The lowest BCUT2D eigenvalue weighted by atomic mass is 10.8. The van der Waals surface area contributed by atoms with Gasteiger partial charge in [-0.15, -0.1) is 0 Å². The van der Waals surface area contributed by atoms with Crippen LogP contribution in [0.5, 0.6) is 0 Å². The molecule has 0 rings (SSSR count). The minimum atomic E-state index is 0. The molecule has 0 atom stereocenters. The number of hydrogen-bond acceptors (Lipinski definition) is 3. The Bertz CT molecular complexity index is 22.8. The van der Waals surface area contributed by atoms with Crippen molar-refractivity contribution in [3.05, 3.63) is 0 Å². The monoisotopic (exact) mass is 189 g/mol. The molecule has 0 amide bonds. The van der Waals surface area contributed by atoms with Gasteiger partial charge in [0.1, 0.15) is 0 Å². The molecule has 0 heterocycles. The van der Waals surface area contributed by atoms with E-state index in [0.29, 0.717) is 0 Å². The van der Waals surface area contributed by atoms with E-state index in [1.165, 1.54) is 0 Å². The summed E-state index contributed by atoms with van der Waals surface area (Å²) in [7, 11) is 0. The summed E-state index contributed by atoms with van der Waals surface area (Å²) in [5.41, 5.74) is 14.5. The Morgan fingerprint density at radius 1 is 0.583 bits per heavy atom. The summed E-state index contributed by atoms with van der Waals surface area (Å²) in [5.74, 6) is 0. The maximum Gasteiger partial charge on any atom is -0.0106 e. The van der Waals surface area contributed by atoms with Crippen molar-refractivity contribution in [2.75, 3.05) is 19.6 Å². The molecular formula is C6H27N3O3. The Kier molecular flexibility index (Phi) is 460. The Labute approximate surface area is 75.0 Å². The Morgan fingerprint density at radius 2 is 0.583 bits per heavy atom. The fourth-order valence-electron chi connectivity index (χ4n) is 0. The van der Waals surface area contributed by atoms with Crippen LogP contribution in [0.2, 0.25) is 0 Å². The van der Waals surface area contributed by atoms with E-state index < -0.39 is 0 Å². The van der Waals surface area contributed by atoms with Gasteiger partial charge in [0.05, 0.1) is 0 Å². The molecule has 0 fully saturated rings. The first-order valence-electron chi connectivity index (χ1n) is 3.35. The zero-order chi connectivity index (χ0) is 8.12. The maximum absolute atomic E-state index is 4.85. The molecule has 0 radical (unpaired) electrons. The van der Waals surface area contributed by atoms with Crippen LogP contribution in [-0.2, 0) is 0 Å². The van der Waals surface area contributed by atoms with Crippen LogP contribution in [0.1, 0.15) is 20.8 Å². The van der Waals surface area contributed by atoms with Crippen molar-refractivity contribution in [1.29, 1.82) is 0 Å². The third-order valence-electron chi connectivity index (χ3n) is 0. The van der Waals surface area contributed by atoms with Crippen LogP contribution in [0.3, 0.4) is 0 Å². The van der Waals surface area contributed by atoms with Gasteiger partial charge < -0.3 is 33.6 Å². The van der Waals surface area contributed by atoms with Crippen molar-refractivity contribution in [1.82, 2.24) is 0 Å². The zero-order valence-electron chi connectivity index (χ0n) is 8.35. The first-order valence-corrected chi connectivity index (χ1v) is 3.35. The SMILES string of the molecule is CCN.CCN.CCN.O.O.O. The van der Waals surface area contributed by atoms with Crippen molar-refractivity contribution in [3.8, 4) is 0 Å². The highest BCUT2D eigenvalue weighted by Crippen LogP contribution is 1.20. The predicted octanol–water partition coefficient (Wildman–Crippen LogP) is -2.58. The third-order valence-corrected chi connectivity index (χ3v) is 0. The van der Waals surface area contributed by atoms with Crippen molar-refractivity contribution in [2.45, 2.75) is 20.8 Å². The van der Waals surface area contributed by atoms with Crippen LogP contribution in [-0.4, -0.2) is 36.1 Å². The molecule has 0 aromatic heterocycles. The molecular weight excluding hydrogens is 162 g/mol. The Hall–Kier alpha value is -0.240. The van der Waals surface area contributed by atoms with Gasteiger partial charge in [-0.3, -0.25) is 0 Å². The van der Waals surface area contributed by atoms with E-state index >= 15 is 0 Å². The standard InChI is InChI=1S/3C2H7N.3H2O/c3*1-2-3;;;/h3*2-3H2,1H3;3*1H2. The number of nitrogens with two attached hydrogens (primary N) is 3. The lowest BCUT2D eigenvalue weighted by molar-refractivity contribution is 0.823. The molecule has 0 saturated carbocycles. The van der Waals surface area contributed by atoms with Gasteiger partial charge in [0.2, 0.25) is 0 Å². The average Bonchev–Trinajstić information content (AvgIpc) is 1.70. The van der Waals surface area contributed by atoms with Gasteiger partial charge in [-0.1, -0.05) is 20.8 Å². The smallest absolute Gasteiger partial charge is 0.0106 e. The van der Waals surface area contributed by atoms with E-state index in [0.717, 1.165) is 19.6 Å². The second-order valence-corrected chi connectivity index (χ2v) is 1.22. The van der Waals surface area contributed by atoms with E-state index in [2.05, 4.69) is 0 Å². The summed E-state index contributed by atoms with van der Waals surface area (Å²) < 4.78 is 0. The molecule has 6 heteroatoms. The summed E-state index contributed by atoms with van der Waals surface area (Å²) in [5, 5.41) is 0. The molecule has 6 nitrogen and oxygen atoms in total. The molecule has 12 N–H and O–H groups in total. The second-order valence-electron chi connectivity index (χ2n) is 1.22. The van der Waals surface area contributed by atoms with Gasteiger partial charge in [0, 0.05) is 0 Å².